The summed E-state index contributed by atoms with van der Waals surface area (Å²) in [5, 5.41) is 1.23. The molecule has 0 saturated carbocycles. The largest absolute Gasteiger partial charge is 0.497 e. The molecule has 1 saturated heterocycles. The fourth-order valence-electron chi connectivity index (χ4n) is 5.17. The van der Waals surface area contributed by atoms with Crippen LogP contribution in [0.5, 0.6) is 5.75 Å². The normalized spacial score (nSPS) is 13.9. The van der Waals surface area contributed by atoms with Crippen LogP contribution in [0, 0.1) is 6.92 Å². The number of Topliss-reactive ketones (excluding diaryl/α,β-unsaturated/α-hetero) is 1. The van der Waals surface area contributed by atoms with Gasteiger partial charge in [0.2, 0.25) is 0 Å². The Morgan fingerprint density at radius 3 is 2.42 bits per heavy atom. The summed E-state index contributed by atoms with van der Waals surface area (Å²) < 4.78 is 7.69. The van der Waals surface area contributed by atoms with Gasteiger partial charge in [0, 0.05) is 61.7 Å². The van der Waals surface area contributed by atoms with E-state index in [0.717, 1.165) is 92.5 Å². The van der Waals surface area contributed by atoms with Crippen LogP contribution in [0.25, 0.3) is 11.3 Å². The molecule has 1 aromatic heterocycles. The fourth-order valence-corrected chi connectivity index (χ4v) is 5.58. The smallest absolute Gasteiger partial charge is 0.164 e. The number of hydrogen-bond donors (Lipinski definition) is 0. The second-order valence-electron chi connectivity index (χ2n) is 9.69. The lowest BCUT2D eigenvalue weighted by atomic mass is 10.0. The molecule has 0 aliphatic carbocycles. The number of rotatable bonds is 11. The molecule has 0 bridgehead atoms. The molecule has 5 nitrogen and oxygen atoms in total. The summed E-state index contributed by atoms with van der Waals surface area (Å²) in [5.41, 5.74) is 5.07. The molecule has 206 valence electrons. The third-order valence-electron chi connectivity index (χ3n) is 7.25. The summed E-state index contributed by atoms with van der Waals surface area (Å²) in [6.45, 7) is 9.96. The molecule has 0 unspecified atom stereocenters. The number of hydrogen-bond acceptors (Lipinski definition) is 4. The predicted octanol–water partition coefficient (Wildman–Crippen LogP) is 7.79. The number of unbranched alkanes of at least 4 members (excludes halogenated alkanes) is 1. The minimum Gasteiger partial charge on any atom is -0.497 e. The van der Waals surface area contributed by atoms with Crippen LogP contribution in [-0.4, -0.2) is 55.1 Å². The zero-order valence-corrected chi connectivity index (χ0v) is 24.8. The Labute approximate surface area is 243 Å². The Morgan fingerprint density at radius 2 is 1.71 bits per heavy atom. The highest BCUT2D eigenvalue weighted by atomic mass is 35.5. The quantitative estimate of drug-likeness (QED) is 0.172. The lowest BCUT2D eigenvalue weighted by molar-refractivity contribution is 0.0977. The van der Waals surface area contributed by atoms with Crippen molar-refractivity contribution in [1.82, 2.24) is 9.47 Å². The van der Waals surface area contributed by atoms with Crippen molar-refractivity contribution in [2.24, 2.45) is 0 Å². The predicted molar refractivity (Wildman–Crippen MR) is 162 cm³/mol. The number of ether oxygens (including phenoxy) is 1. The number of ketones is 1. The number of anilines is 1. The topological polar surface area (TPSA) is 37.7 Å². The van der Waals surface area contributed by atoms with Gasteiger partial charge in [-0.1, -0.05) is 48.3 Å². The van der Waals surface area contributed by atoms with Crippen molar-refractivity contribution < 1.29 is 9.53 Å². The van der Waals surface area contributed by atoms with Crippen LogP contribution in [0.2, 0.25) is 10.0 Å². The van der Waals surface area contributed by atoms with E-state index in [4.69, 9.17) is 27.9 Å². The summed E-state index contributed by atoms with van der Waals surface area (Å²) in [7, 11) is 1.68. The van der Waals surface area contributed by atoms with E-state index in [1.54, 1.807) is 7.11 Å². The molecule has 1 aliphatic heterocycles. The number of methoxy groups -OCH3 is 1. The summed E-state index contributed by atoms with van der Waals surface area (Å²) in [6, 6.07) is 15.9. The average molecular weight is 579 g/mol. The zero-order chi connectivity index (χ0) is 26.4. The van der Waals surface area contributed by atoms with Gasteiger partial charge in [-0.05, 0) is 63.1 Å². The highest BCUT2D eigenvalue weighted by Crippen LogP contribution is 2.33. The van der Waals surface area contributed by atoms with Gasteiger partial charge in [-0.15, -0.1) is 12.4 Å². The second-order valence-corrected chi connectivity index (χ2v) is 10.5. The first-order valence-electron chi connectivity index (χ1n) is 13.2. The molecular weight excluding hydrogens is 541 g/mol. The standard InChI is InChI=1S/C30H37Cl2N3O2.ClH/c1-4-14-35-22(2)25(21-28(35)23-9-7-10-24(20-23)37-3)29(36)13-5-6-15-33-16-18-34(19-17-33)27-12-8-11-26(31)30(27)32;/h7-12,20-21H,4-6,13-19H2,1-3H3;1H. The molecule has 4 rings (SSSR count). The molecule has 2 heterocycles. The van der Waals surface area contributed by atoms with Crippen molar-refractivity contribution in [2.45, 2.75) is 46.1 Å². The summed E-state index contributed by atoms with van der Waals surface area (Å²) in [4.78, 5) is 18.0. The minimum absolute atomic E-state index is 0. The van der Waals surface area contributed by atoms with Gasteiger partial charge in [-0.2, -0.15) is 0 Å². The van der Waals surface area contributed by atoms with Crippen molar-refractivity contribution in [3.8, 4) is 17.0 Å². The van der Waals surface area contributed by atoms with Crippen molar-refractivity contribution >= 4 is 47.1 Å². The lowest BCUT2D eigenvalue weighted by Crippen LogP contribution is -2.46. The molecule has 1 aliphatic rings. The number of carbonyl (C=O) groups excluding carboxylic acids is 1. The maximum absolute atomic E-state index is 13.2. The molecule has 38 heavy (non-hydrogen) atoms. The van der Waals surface area contributed by atoms with E-state index < -0.39 is 0 Å². The molecule has 1 fully saturated rings. The molecule has 0 radical (unpaired) electrons. The van der Waals surface area contributed by atoms with Crippen LogP contribution in [0.15, 0.2) is 48.5 Å². The molecule has 0 amide bonds. The van der Waals surface area contributed by atoms with Gasteiger partial charge in [0.1, 0.15) is 5.75 Å². The number of benzene rings is 2. The Kier molecular flexibility index (Phi) is 11.4. The van der Waals surface area contributed by atoms with Gasteiger partial charge in [-0.3, -0.25) is 9.69 Å². The van der Waals surface area contributed by atoms with E-state index in [-0.39, 0.29) is 18.2 Å². The van der Waals surface area contributed by atoms with Gasteiger partial charge in [0.15, 0.2) is 5.78 Å². The van der Waals surface area contributed by atoms with E-state index in [2.05, 4.69) is 40.3 Å². The Bertz CT molecular complexity index is 1220. The second kappa shape index (κ2) is 14.3. The van der Waals surface area contributed by atoms with Crippen LogP contribution < -0.4 is 9.64 Å². The molecule has 0 N–H and O–H groups in total. The molecule has 3 aromatic rings. The fraction of sp³-hybridized carbons (Fsp3) is 0.433. The number of aromatic nitrogens is 1. The molecule has 2 aromatic carbocycles. The number of halogens is 3. The maximum atomic E-state index is 13.2. The monoisotopic (exact) mass is 577 g/mol. The van der Waals surface area contributed by atoms with Crippen LogP contribution in [0.1, 0.15) is 48.7 Å². The highest BCUT2D eigenvalue weighted by Gasteiger charge is 2.21. The number of nitrogens with zero attached hydrogens (tertiary/aromatic N) is 3. The van der Waals surface area contributed by atoms with Crippen molar-refractivity contribution in [3.05, 3.63) is 69.8 Å². The van der Waals surface area contributed by atoms with Gasteiger partial charge in [0.05, 0.1) is 22.8 Å². The molecule has 0 atom stereocenters. The number of piperazine rings is 1. The molecule has 0 spiro atoms. The molecular formula is C30H38Cl3N3O2. The number of carbonyl (C=O) groups is 1. The van der Waals surface area contributed by atoms with E-state index >= 15 is 0 Å². The van der Waals surface area contributed by atoms with Gasteiger partial charge in [0.25, 0.3) is 0 Å². The van der Waals surface area contributed by atoms with Crippen LogP contribution in [-0.2, 0) is 6.54 Å². The SMILES string of the molecule is CCCn1c(-c2cccc(OC)c2)cc(C(=O)CCCCN2CCN(c3cccc(Cl)c3Cl)CC2)c1C.Cl. The lowest BCUT2D eigenvalue weighted by Gasteiger charge is -2.36. The first kappa shape index (κ1) is 30.4. The third kappa shape index (κ3) is 7.06. The van der Waals surface area contributed by atoms with E-state index in [0.29, 0.717) is 16.5 Å². The third-order valence-corrected chi connectivity index (χ3v) is 8.06. The maximum Gasteiger partial charge on any atom is 0.164 e. The first-order chi connectivity index (χ1) is 17.9. The summed E-state index contributed by atoms with van der Waals surface area (Å²) in [6.07, 6.45) is 3.50. The van der Waals surface area contributed by atoms with Crippen molar-refractivity contribution in [1.29, 1.82) is 0 Å². The van der Waals surface area contributed by atoms with Gasteiger partial charge < -0.3 is 14.2 Å². The van der Waals surface area contributed by atoms with E-state index in [1.807, 2.05) is 36.4 Å². The Hall–Kier alpha value is -2.18. The Morgan fingerprint density at radius 1 is 0.974 bits per heavy atom. The molecule has 8 heteroatoms. The van der Waals surface area contributed by atoms with E-state index in [1.165, 1.54) is 0 Å². The van der Waals surface area contributed by atoms with E-state index in [9.17, 15) is 4.79 Å². The summed E-state index contributed by atoms with van der Waals surface area (Å²) in [5.74, 6) is 1.06. The van der Waals surface area contributed by atoms with Crippen molar-refractivity contribution in [2.75, 3.05) is 44.7 Å². The van der Waals surface area contributed by atoms with Crippen LogP contribution in [0.4, 0.5) is 5.69 Å². The van der Waals surface area contributed by atoms with Gasteiger partial charge in [-0.25, -0.2) is 0 Å². The Balaban J connectivity index is 0.00000400. The van der Waals surface area contributed by atoms with Crippen LogP contribution in [0.3, 0.4) is 0 Å². The zero-order valence-electron chi connectivity index (χ0n) is 22.5. The highest BCUT2D eigenvalue weighted by molar-refractivity contribution is 6.43. The van der Waals surface area contributed by atoms with Gasteiger partial charge >= 0.3 is 0 Å². The average Bonchev–Trinajstić information content (AvgIpc) is 3.25. The minimum atomic E-state index is 0. The van der Waals surface area contributed by atoms with Crippen LogP contribution >= 0.6 is 35.6 Å². The van der Waals surface area contributed by atoms with Crippen molar-refractivity contribution in [3.63, 3.8) is 0 Å². The summed E-state index contributed by atoms with van der Waals surface area (Å²) >= 11 is 12.6. The first-order valence-corrected chi connectivity index (χ1v) is 14.0.